The van der Waals surface area contributed by atoms with E-state index in [1.54, 1.807) is 0 Å². The summed E-state index contributed by atoms with van der Waals surface area (Å²) in [5.74, 6) is 0.498. The Labute approximate surface area is 86.9 Å². The van der Waals surface area contributed by atoms with Crippen molar-refractivity contribution < 1.29 is 0 Å². The lowest BCUT2D eigenvalue weighted by Gasteiger charge is -2.32. The summed E-state index contributed by atoms with van der Waals surface area (Å²) in [6.07, 6.45) is 3.97. The van der Waals surface area contributed by atoms with Gasteiger partial charge in [0, 0.05) is 18.2 Å². The van der Waals surface area contributed by atoms with Crippen molar-refractivity contribution >= 4 is 0 Å². The molecule has 0 aromatic heterocycles. The average Bonchev–Trinajstić information content (AvgIpc) is 2.23. The second-order valence-electron chi connectivity index (χ2n) is 3.71. The first-order valence-corrected chi connectivity index (χ1v) is 5.03. The number of hydrogen-bond acceptors (Lipinski definition) is 1. The summed E-state index contributed by atoms with van der Waals surface area (Å²) in [7, 11) is 0. The van der Waals surface area contributed by atoms with Crippen molar-refractivity contribution in [2.24, 2.45) is 5.92 Å². The second kappa shape index (κ2) is 4.32. The summed E-state index contributed by atoms with van der Waals surface area (Å²) in [5, 5.41) is 3.43. The molecule has 0 aromatic carbocycles. The maximum absolute atomic E-state index is 4.01. The van der Waals surface area contributed by atoms with E-state index in [1.165, 1.54) is 22.4 Å². The molecule has 76 valence electrons. The lowest BCUT2D eigenvalue weighted by atomic mass is 9.80. The van der Waals surface area contributed by atoms with Crippen molar-refractivity contribution in [3.05, 3.63) is 47.7 Å². The first kappa shape index (κ1) is 10.8. The standard InChI is InChI=1S/C13H19N/c1-6-12(7-2)8-14-13-10(4)9(3)11(13)5/h6-7,10,14H,1,3,8H2,2,4-5H3/b12-7+. The van der Waals surface area contributed by atoms with E-state index < -0.39 is 0 Å². The number of hydrogen-bond donors (Lipinski definition) is 1. The minimum Gasteiger partial charge on any atom is -0.384 e. The molecule has 1 N–H and O–H groups in total. The minimum absolute atomic E-state index is 0.498. The summed E-state index contributed by atoms with van der Waals surface area (Å²) >= 11 is 0. The number of nitrogens with one attached hydrogen (secondary N) is 1. The van der Waals surface area contributed by atoms with Gasteiger partial charge in [0.1, 0.15) is 0 Å². The molecule has 1 heteroatoms. The zero-order valence-corrected chi connectivity index (χ0v) is 9.35. The Morgan fingerprint density at radius 3 is 2.64 bits per heavy atom. The monoisotopic (exact) mass is 189 g/mol. The molecule has 0 bridgehead atoms. The zero-order valence-electron chi connectivity index (χ0n) is 9.35. The van der Waals surface area contributed by atoms with Crippen LogP contribution in [0, 0.1) is 5.92 Å². The van der Waals surface area contributed by atoms with Gasteiger partial charge in [-0.05, 0) is 30.6 Å². The van der Waals surface area contributed by atoms with E-state index in [4.69, 9.17) is 0 Å². The highest BCUT2D eigenvalue weighted by Gasteiger charge is 2.26. The molecule has 0 saturated carbocycles. The predicted octanol–water partition coefficient (Wildman–Crippen LogP) is 3.19. The molecule has 0 heterocycles. The molecule has 1 unspecified atom stereocenters. The molecule has 1 nitrogen and oxygen atoms in total. The van der Waals surface area contributed by atoms with E-state index in [-0.39, 0.29) is 0 Å². The molecule has 0 aliphatic heterocycles. The highest BCUT2D eigenvalue weighted by molar-refractivity contribution is 5.47. The van der Waals surface area contributed by atoms with Crippen LogP contribution in [0.3, 0.4) is 0 Å². The summed E-state index contributed by atoms with van der Waals surface area (Å²) < 4.78 is 0. The van der Waals surface area contributed by atoms with Crippen LogP contribution in [0.15, 0.2) is 47.7 Å². The summed E-state index contributed by atoms with van der Waals surface area (Å²) in [4.78, 5) is 0. The van der Waals surface area contributed by atoms with E-state index in [0.717, 1.165) is 6.54 Å². The molecule has 0 saturated heterocycles. The van der Waals surface area contributed by atoms with Gasteiger partial charge in [-0.25, -0.2) is 0 Å². The van der Waals surface area contributed by atoms with Gasteiger partial charge in [0.05, 0.1) is 0 Å². The third-order valence-corrected chi connectivity index (χ3v) is 2.96. The number of rotatable bonds is 4. The molecule has 14 heavy (non-hydrogen) atoms. The fraction of sp³-hybridized carbons (Fsp3) is 0.385. The highest BCUT2D eigenvalue weighted by atomic mass is 14.9. The van der Waals surface area contributed by atoms with Crippen LogP contribution in [0.4, 0.5) is 0 Å². The maximum atomic E-state index is 4.01. The van der Waals surface area contributed by atoms with E-state index in [0.29, 0.717) is 5.92 Å². The maximum Gasteiger partial charge on any atom is 0.0394 e. The Bertz CT molecular complexity index is 318. The van der Waals surface area contributed by atoms with Crippen molar-refractivity contribution in [1.29, 1.82) is 0 Å². The second-order valence-corrected chi connectivity index (χ2v) is 3.71. The molecule has 1 rings (SSSR count). The van der Waals surface area contributed by atoms with Gasteiger partial charge in [0.25, 0.3) is 0 Å². The van der Waals surface area contributed by atoms with Gasteiger partial charge in [0.15, 0.2) is 0 Å². The normalized spacial score (nSPS) is 22.1. The van der Waals surface area contributed by atoms with Gasteiger partial charge in [-0.3, -0.25) is 0 Å². The van der Waals surface area contributed by atoms with E-state index in [9.17, 15) is 0 Å². The van der Waals surface area contributed by atoms with Crippen molar-refractivity contribution in [2.75, 3.05) is 6.54 Å². The van der Waals surface area contributed by atoms with Crippen molar-refractivity contribution in [3.8, 4) is 0 Å². The minimum atomic E-state index is 0.498. The Kier molecular flexibility index (Phi) is 3.34. The topological polar surface area (TPSA) is 12.0 Å². The third kappa shape index (κ3) is 1.82. The smallest absolute Gasteiger partial charge is 0.0394 e. The molecule has 0 amide bonds. The SMILES string of the molecule is C=C/C(=C\C)CNC1=C(C)C(=C)C1C. The largest absolute Gasteiger partial charge is 0.384 e. The van der Waals surface area contributed by atoms with Crippen LogP contribution in [0.25, 0.3) is 0 Å². The molecule has 0 aromatic rings. The Morgan fingerprint density at radius 2 is 2.21 bits per heavy atom. The fourth-order valence-corrected chi connectivity index (χ4v) is 1.69. The molecule has 0 radical (unpaired) electrons. The molecule has 1 aliphatic rings. The van der Waals surface area contributed by atoms with Crippen LogP contribution in [0.5, 0.6) is 0 Å². The lowest BCUT2D eigenvalue weighted by molar-refractivity contribution is 0.637. The van der Waals surface area contributed by atoms with Crippen molar-refractivity contribution in [1.82, 2.24) is 5.32 Å². The van der Waals surface area contributed by atoms with Crippen molar-refractivity contribution in [3.63, 3.8) is 0 Å². The Hall–Kier alpha value is -1.24. The molecule has 0 fully saturated rings. The molecular formula is C13H19N. The summed E-state index contributed by atoms with van der Waals surface area (Å²) in [6.45, 7) is 15.0. The fourth-order valence-electron chi connectivity index (χ4n) is 1.69. The van der Waals surface area contributed by atoms with Crippen LogP contribution in [0.1, 0.15) is 20.8 Å². The van der Waals surface area contributed by atoms with Crippen LogP contribution in [-0.2, 0) is 0 Å². The zero-order chi connectivity index (χ0) is 10.7. The lowest BCUT2D eigenvalue weighted by Crippen LogP contribution is -2.30. The average molecular weight is 189 g/mol. The molecule has 1 atom stereocenters. The van der Waals surface area contributed by atoms with Gasteiger partial charge in [-0.15, -0.1) is 0 Å². The van der Waals surface area contributed by atoms with Gasteiger partial charge < -0.3 is 5.32 Å². The van der Waals surface area contributed by atoms with E-state index in [1.807, 2.05) is 13.0 Å². The van der Waals surface area contributed by atoms with Gasteiger partial charge >= 0.3 is 0 Å². The molecule has 0 spiro atoms. The van der Waals surface area contributed by atoms with E-state index >= 15 is 0 Å². The molecular weight excluding hydrogens is 170 g/mol. The summed E-state index contributed by atoms with van der Waals surface area (Å²) in [5.41, 5.74) is 5.14. The van der Waals surface area contributed by atoms with Crippen LogP contribution in [0.2, 0.25) is 0 Å². The predicted molar refractivity (Wildman–Crippen MR) is 63.0 cm³/mol. The first-order chi connectivity index (χ1) is 6.61. The van der Waals surface area contributed by atoms with Gasteiger partial charge in [0.2, 0.25) is 0 Å². The van der Waals surface area contributed by atoms with Gasteiger partial charge in [-0.1, -0.05) is 32.2 Å². The summed E-state index contributed by atoms with van der Waals surface area (Å²) in [6, 6.07) is 0. The van der Waals surface area contributed by atoms with E-state index in [2.05, 4.69) is 38.4 Å². The van der Waals surface area contributed by atoms with Crippen LogP contribution < -0.4 is 5.32 Å². The number of allylic oxidation sites excluding steroid dienone is 3. The quantitative estimate of drug-likeness (QED) is 0.670. The van der Waals surface area contributed by atoms with Crippen LogP contribution in [-0.4, -0.2) is 6.54 Å². The highest BCUT2D eigenvalue weighted by Crippen LogP contribution is 2.36. The van der Waals surface area contributed by atoms with Gasteiger partial charge in [-0.2, -0.15) is 0 Å². The van der Waals surface area contributed by atoms with Crippen molar-refractivity contribution in [2.45, 2.75) is 20.8 Å². The third-order valence-electron chi connectivity index (χ3n) is 2.96. The van der Waals surface area contributed by atoms with Crippen LogP contribution >= 0.6 is 0 Å². The Balaban J connectivity index is 2.56. The molecule has 1 aliphatic carbocycles. The first-order valence-electron chi connectivity index (χ1n) is 5.03. The Morgan fingerprint density at radius 1 is 1.57 bits per heavy atom.